The number of nitrogens with zero attached hydrogens (tertiary/aromatic N) is 2. The van der Waals surface area contributed by atoms with Gasteiger partial charge in [0.05, 0.1) is 22.5 Å². The lowest BCUT2D eigenvalue weighted by atomic mass is 9.98. The summed E-state index contributed by atoms with van der Waals surface area (Å²) >= 11 is 0. The molecule has 1 aliphatic heterocycles. The first-order valence-corrected chi connectivity index (χ1v) is 9.05. The van der Waals surface area contributed by atoms with E-state index in [0.29, 0.717) is 17.5 Å². The molecule has 1 atom stereocenters. The monoisotopic (exact) mass is 382 g/mol. The van der Waals surface area contributed by atoms with Gasteiger partial charge in [0.25, 0.3) is 0 Å². The molecule has 4 rings (SSSR count). The molecule has 0 saturated heterocycles. The SMILES string of the molecule is CC[C@H]1COc2c(-c3cc(C)nc(C)c3)c(F)cc3c(=O)c(C(=O)O)cn1c23. The lowest BCUT2D eigenvalue weighted by Gasteiger charge is -2.30. The first-order chi connectivity index (χ1) is 13.3. The van der Waals surface area contributed by atoms with Gasteiger partial charge < -0.3 is 14.4 Å². The van der Waals surface area contributed by atoms with E-state index in [2.05, 4.69) is 4.98 Å². The van der Waals surface area contributed by atoms with Crippen LogP contribution in [0.3, 0.4) is 0 Å². The molecule has 3 aromatic rings. The first kappa shape index (κ1) is 18.2. The highest BCUT2D eigenvalue weighted by Crippen LogP contribution is 2.42. The minimum Gasteiger partial charge on any atom is -0.488 e. The Morgan fingerprint density at radius 1 is 1.32 bits per heavy atom. The topological polar surface area (TPSA) is 81.4 Å². The van der Waals surface area contributed by atoms with Crippen LogP contribution >= 0.6 is 0 Å². The van der Waals surface area contributed by atoms with Gasteiger partial charge in [-0.3, -0.25) is 9.78 Å². The standard InChI is InChI=1S/C21H19FN2O4/c1-4-13-9-28-20-17(12-5-10(2)23-11(3)6-12)16(22)7-14-18(20)24(13)8-15(19(14)25)21(26)27/h5-8,13H,4,9H2,1-3H3,(H,26,27)/t13-/m0/s1. The van der Waals surface area contributed by atoms with Crippen molar-refractivity contribution in [2.24, 2.45) is 0 Å². The average molecular weight is 382 g/mol. The van der Waals surface area contributed by atoms with Gasteiger partial charge in [0.2, 0.25) is 5.43 Å². The molecule has 0 saturated carbocycles. The van der Waals surface area contributed by atoms with Crippen molar-refractivity contribution in [2.45, 2.75) is 33.2 Å². The molecule has 0 unspecified atom stereocenters. The summed E-state index contributed by atoms with van der Waals surface area (Å²) in [5.41, 5.74) is 1.68. The molecule has 0 bridgehead atoms. The molecule has 2 aromatic heterocycles. The van der Waals surface area contributed by atoms with Gasteiger partial charge in [0.15, 0.2) is 5.75 Å². The molecule has 6 nitrogen and oxygen atoms in total. The summed E-state index contributed by atoms with van der Waals surface area (Å²) in [5, 5.41) is 9.42. The summed E-state index contributed by atoms with van der Waals surface area (Å²) in [7, 11) is 0. The molecule has 0 amide bonds. The minimum absolute atomic E-state index is 0.0109. The van der Waals surface area contributed by atoms with Gasteiger partial charge >= 0.3 is 5.97 Å². The highest BCUT2D eigenvalue weighted by atomic mass is 19.1. The average Bonchev–Trinajstić information content (AvgIpc) is 2.62. The van der Waals surface area contributed by atoms with E-state index in [1.807, 2.05) is 20.8 Å². The number of hydrogen-bond donors (Lipinski definition) is 1. The van der Waals surface area contributed by atoms with Gasteiger partial charge in [-0.15, -0.1) is 0 Å². The number of aromatic carboxylic acids is 1. The van der Waals surface area contributed by atoms with Crippen molar-refractivity contribution >= 4 is 16.9 Å². The van der Waals surface area contributed by atoms with Gasteiger partial charge in [0.1, 0.15) is 18.0 Å². The van der Waals surface area contributed by atoms with Crippen LogP contribution < -0.4 is 10.2 Å². The molecule has 1 aromatic carbocycles. The molecule has 0 spiro atoms. The second-order valence-electron chi connectivity index (χ2n) is 7.05. The van der Waals surface area contributed by atoms with Gasteiger partial charge in [-0.05, 0) is 44.0 Å². The highest BCUT2D eigenvalue weighted by molar-refractivity contribution is 5.98. The number of benzene rings is 1. The fraction of sp³-hybridized carbons (Fsp3) is 0.286. The quantitative estimate of drug-likeness (QED) is 0.744. The van der Waals surface area contributed by atoms with Gasteiger partial charge in [-0.25, -0.2) is 9.18 Å². The van der Waals surface area contributed by atoms with Crippen LogP contribution in [-0.2, 0) is 0 Å². The fourth-order valence-corrected chi connectivity index (χ4v) is 3.86. The van der Waals surface area contributed by atoms with Gasteiger partial charge in [0, 0.05) is 17.6 Å². The lowest BCUT2D eigenvalue weighted by molar-refractivity contribution is 0.0694. The Labute approximate surface area is 160 Å². The summed E-state index contributed by atoms with van der Waals surface area (Å²) in [4.78, 5) is 28.6. The highest BCUT2D eigenvalue weighted by Gasteiger charge is 2.29. The summed E-state index contributed by atoms with van der Waals surface area (Å²) in [5.74, 6) is -1.70. The van der Waals surface area contributed by atoms with Crippen molar-refractivity contribution in [3.8, 4) is 16.9 Å². The summed E-state index contributed by atoms with van der Waals surface area (Å²) in [6, 6.07) is 4.49. The maximum Gasteiger partial charge on any atom is 0.341 e. The van der Waals surface area contributed by atoms with Crippen molar-refractivity contribution in [1.82, 2.24) is 9.55 Å². The Morgan fingerprint density at radius 3 is 2.61 bits per heavy atom. The fourth-order valence-electron chi connectivity index (χ4n) is 3.86. The van der Waals surface area contributed by atoms with E-state index in [0.717, 1.165) is 17.5 Å². The molecule has 0 radical (unpaired) electrons. The first-order valence-electron chi connectivity index (χ1n) is 9.05. The van der Waals surface area contributed by atoms with Crippen LogP contribution in [0.4, 0.5) is 4.39 Å². The lowest BCUT2D eigenvalue weighted by Crippen LogP contribution is -2.28. The number of hydrogen-bond acceptors (Lipinski definition) is 4. The van der Waals surface area contributed by atoms with Crippen molar-refractivity contribution in [2.75, 3.05) is 6.61 Å². The Morgan fingerprint density at radius 2 is 2.00 bits per heavy atom. The third kappa shape index (κ3) is 2.66. The number of carboxylic acid groups (broad SMARTS) is 1. The predicted octanol–water partition coefficient (Wildman–Crippen LogP) is 3.86. The molecule has 7 heteroatoms. The maximum atomic E-state index is 15.2. The van der Waals surface area contributed by atoms with Crippen LogP contribution in [0.15, 0.2) is 29.2 Å². The van der Waals surface area contributed by atoms with Crippen LogP contribution in [0.2, 0.25) is 0 Å². The molecular formula is C21H19FN2O4. The zero-order chi connectivity index (χ0) is 20.2. The Hall–Kier alpha value is -3.22. The summed E-state index contributed by atoms with van der Waals surface area (Å²) in [6.07, 6.45) is 2.02. The second-order valence-corrected chi connectivity index (χ2v) is 7.05. The number of rotatable bonds is 3. The third-order valence-corrected chi connectivity index (χ3v) is 5.11. The molecule has 3 heterocycles. The smallest absolute Gasteiger partial charge is 0.341 e. The maximum absolute atomic E-state index is 15.2. The third-order valence-electron chi connectivity index (χ3n) is 5.11. The molecule has 28 heavy (non-hydrogen) atoms. The number of ether oxygens (including phenoxy) is 1. The van der Waals surface area contributed by atoms with Crippen LogP contribution in [0.1, 0.15) is 41.1 Å². The van der Waals surface area contributed by atoms with E-state index in [-0.39, 0.29) is 34.9 Å². The van der Waals surface area contributed by atoms with E-state index in [9.17, 15) is 14.7 Å². The molecule has 0 fully saturated rings. The summed E-state index contributed by atoms with van der Waals surface area (Å²) in [6.45, 7) is 5.86. The Balaban J connectivity index is 2.16. The number of aryl methyl sites for hydroxylation is 2. The molecule has 144 valence electrons. The second kappa shape index (κ2) is 6.44. The number of carbonyl (C=O) groups is 1. The molecule has 1 aliphatic rings. The van der Waals surface area contributed by atoms with Crippen molar-refractivity contribution in [3.05, 3.63) is 57.4 Å². The molecule has 1 N–H and O–H groups in total. The van der Waals surface area contributed by atoms with E-state index in [1.165, 1.54) is 6.20 Å². The Kier molecular flexibility index (Phi) is 4.18. The molecule has 0 aliphatic carbocycles. The van der Waals surface area contributed by atoms with Gasteiger partial charge in [-0.2, -0.15) is 0 Å². The van der Waals surface area contributed by atoms with E-state index >= 15 is 4.39 Å². The van der Waals surface area contributed by atoms with Gasteiger partial charge in [-0.1, -0.05) is 6.92 Å². The van der Waals surface area contributed by atoms with E-state index < -0.39 is 17.2 Å². The number of aromatic nitrogens is 2. The van der Waals surface area contributed by atoms with Crippen LogP contribution in [0, 0.1) is 19.7 Å². The van der Waals surface area contributed by atoms with Crippen LogP contribution in [0.25, 0.3) is 22.0 Å². The molecular weight excluding hydrogens is 363 g/mol. The normalized spacial score (nSPS) is 15.5. The number of carboxylic acids is 1. The number of halogens is 1. The number of pyridine rings is 2. The largest absolute Gasteiger partial charge is 0.488 e. The van der Waals surface area contributed by atoms with Crippen LogP contribution in [-0.4, -0.2) is 27.2 Å². The van der Waals surface area contributed by atoms with Crippen molar-refractivity contribution in [3.63, 3.8) is 0 Å². The minimum atomic E-state index is -1.33. The zero-order valence-corrected chi connectivity index (χ0v) is 15.7. The predicted molar refractivity (Wildman–Crippen MR) is 103 cm³/mol. The zero-order valence-electron chi connectivity index (χ0n) is 15.7. The van der Waals surface area contributed by atoms with E-state index in [4.69, 9.17) is 4.74 Å². The summed E-state index contributed by atoms with van der Waals surface area (Å²) < 4.78 is 22.8. The van der Waals surface area contributed by atoms with Crippen molar-refractivity contribution in [1.29, 1.82) is 0 Å². The van der Waals surface area contributed by atoms with Crippen molar-refractivity contribution < 1.29 is 19.0 Å². The van der Waals surface area contributed by atoms with Crippen LogP contribution in [0.5, 0.6) is 5.75 Å². The Bertz CT molecular complexity index is 1180. The van der Waals surface area contributed by atoms with E-state index in [1.54, 1.807) is 16.7 Å².